The smallest absolute Gasteiger partial charge is 0.0112 e. The molecule has 0 spiro atoms. The van der Waals surface area contributed by atoms with Gasteiger partial charge in [0.25, 0.3) is 0 Å². The quantitative estimate of drug-likeness (QED) is 0.734. The van der Waals surface area contributed by atoms with E-state index in [2.05, 4.69) is 45.0 Å². The molecule has 2 N–H and O–H groups in total. The Morgan fingerprint density at radius 3 is 2.69 bits per heavy atom. The SMILES string of the molecule is CC(=CCN)c1cc(C)ccc1C. The first kappa shape index (κ1) is 10.0. The number of aryl methyl sites for hydroxylation is 2. The van der Waals surface area contributed by atoms with Gasteiger partial charge in [0.1, 0.15) is 0 Å². The second kappa shape index (κ2) is 4.24. The first-order valence-electron chi connectivity index (χ1n) is 4.59. The Labute approximate surface area is 80.3 Å². The van der Waals surface area contributed by atoms with Crippen LogP contribution < -0.4 is 5.73 Å². The molecule has 0 aliphatic rings. The van der Waals surface area contributed by atoms with Crippen LogP contribution in [0, 0.1) is 13.8 Å². The van der Waals surface area contributed by atoms with Crippen molar-refractivity contribution in [1.82, 2.24) is 0 Å². The number of hydrogen-bond donors (Lipinski definition) is 1. The van der Waals surface area contributed by atoms with Crippen LogP contribution in [-0.4, -0.2) is 6.54 Å². The number of benzene rings is 1. The number of allylic oxidation sites excluding steroid dienone is 1. The van der Waals surface area contributed by atoms with E-state index in [0.29, 0.717) is 6.54 Å². The van der Waals surface area contributed by atoms with Crippen molar-refractivity contribution in [2.24, 2.45) is 5.73 Å². The van der Waals surface area contributed by atoms with E-state index in [1.54, 1.807) is 0 Å². The molecule has 0 aliphatic heterocycles. The summed E-state index contributed by atoms with van der Waals surface area (Å²) in [5, 5.41) is 0. The van der Waals surface area contributed by atoms with Gasteiger partial charge in [-0.05, 0) is 37.5 Å². The van der Waals surface area contributed by atoms with E-state index in [9.17, 15) is 0 Å². The Hall–Kier alpha value is -1.08. The van der Waals surface area contributed by atoms with Crippen LogP contribution in [0.1, 0.15) is 23.6 Å². The zero-order chi connectivity index (χ0) is 9.84. The molecule has 0 bridgehead atoms. The van der Waals surface area contributed by atoms with Crippen molar-refractivity contribution in [3.8, 4) is 0 Å². The molecular weight excluding hydrogens is 158 g/mol. The maximum Gasteiger partial charge on any atom is 0.0112 e. The van der Waals surface area contributed by atoms with Gasteiger partial charge < -0.3 is 5.73 Å². The van der Waals surface area contributed by atoms with Crippen molar-refractivity contribution in [2.75, 3.05) is 6.54 Å². The average Bonchev–Trinajstić information content (AvgIpc) is 2.09. The maximum atomic E-state index is 5.48. The highest BCUT2D eigenvalue weighted by molar-refractivity contribution is 5.67. The number of nitrogens with two attached hydrogens (primary N) is 1. The molecule has 1 heteroatoms. The van der Waals surface area contributed by atoms with Gasteiger partial charge in [0.15, 0.2) is 0 Å². The molecule has 0 atom stereocenters. The molecule has 70 valence electrons. The van der Waals surface area contributed by atoms with Gasteiger partial charge in [0.05, 0.1) is 0 Å². The van der Waals surface area contributed by atoms with Crippen LogP contribution in [0.3, 0.4) is 0 Å². The lowest BCUT2D eigenvalue weighted by Crippen LogP contribution is -1.95. The second-order valence-corrected chi connectivity index (χ2v) is 3.44. The van der Waals surface area contributed by atoms with Crippen LogP contribution in [0.25, 0.3) is 5.57 Å². The van der Waals surface area contributed by atoms with Gasteiger partial charge in [-0.25, -0.2) is 0 Å². The van der Waals surface area contributed by atoms with E-state index < -0.39 is 0 Å². The summed E-state index contributed by atoms with van der Waals surface area (Å²) in [6.45, 7) is 6.95. The van der Waals surface area contributed by atoms with Gasteiger partial charge in [-0.3, -0.25) is 0 Å². The zero-order valence-corrected chi connectivity index (χ0v) is 8.59. The third-order valence-corrected chi connectivity index (χ3v) is 2.24. The highest BCUT2D eigenvalue weighted by Crippen LogP contribution is 2.19. The minimum atomic E-state index is 0.610. The number of hydrogen-bond acceptors (Lipinski definition) is 1. The molecular formula is C12H17N. The van der Waals surface area contributed by atoms with E-state index in [1.807, 2.05) is 0 Å². The summed E-state index contributed by atoms with van der Waals surface area (Å²) in [6.07, 6.45) is 2.06. The van der Waals surface area contributed by atoms with Crippen LogP contribution in [-0.2, 0) is 0 Å². The first-order valence-corrected chi connectivity index (χ1v) is 4.59. The minimum Gasteiger partial charge on any atom is -0.327 e. The molecule has 0 saturated carbocycles. The molecule has 1 rings (SSSR count). The van der Waals surface area contributed by atoms with E-state index in [-0.39, 0.29) is 0 Å². The fourth-order valence-corrected chi connectivity index (χ4v) is 1.45. The van der Waals surface area contributed by atoms with Gasteiger partial charge >= 0.3 is 0 Å². The second-order valence-electron chi connectivity index (χ2n) is 3.44. The normalized spacial score (nSPS) is 11.8. The van der Waals surface area contributed by atoms with Gasteiger partial charge in [0.2, 0.25) is 0 Å². The highest BCUT2D eigenvalue weighted by atomic mass is 14.5. The molecule has 1 aromatic carbocycles. The molecule has 0 heterocycles. The molecule has 1 aromatic rings. The lowest BCUT2D eigenvalue weighted by Gasteiger charge is -2.07. The van der Waals surface area contributed by atoms with Gasteiger partial charge in [0, 0.05) is 6.54 Å². The summed E-state index contributed by atoms with van der Waals surface area (Å²) >= 11 is 0. The predicted molar refractivity (Wildman–Crippen MR) is 58.6 cm³/mol. The van der Waals surface area contributed by atoms with E-state index in [4.69, 9.17) is 5.73 Å². The Morgan fingerprint density at radius 2 is 2.08 bits per heavy atom. The predicted octanol–water partition coefficient (Wildman–Crippen LogP) is 2.67. The fourth-order valence-electron chi connectivity index (χ4n) is 1.45. The third-order valence-electron chi connectivity index (χ3n) is 2.24. The molecule has 0 unspecified atom stereocenters. The standard InChI is InChI=1S/C12H17N/c1-9-4-5-10(2)12(8-9)11(3)6-7-13/h4-6,8H,7,13H2,1-3H3. The Bertz CT molecular complexity index is 324. The van der Waals surface area contributed by atoms with Gasteiger partial charge in [-0.1, -0.05) is 29.8 Å². The summed E-state index contributed by atoms with van der Waals surface area (Å²) in [4.78, 5) is 0. The van der Waals surface area contributed by atoms with Crippen molar-refractivity contribution in [3.63, 3.8) is 0 Å². The molecule has 1 nitrogen and oxygen atoms in total. The minimum absolute atomic E-state index is 0.610. The van der Waals surface area contributed by atoms with Crippen molar-refractivity contribution in [3.05, 3.63) is 41.0 Å². The van der Waals surface area contributed by atoms with Crippen LogP contribution in [0.2, 0.25) is 0 Å². The summed E-state index contributed by atoms with van der Waals surface area (Å²) in [7, 11) is 0. The van der Waals surface area contributed by atoms with E-state index in [0.717, 1.165) is 0 Å². The highest BCUT2D eigenvalue weighted by Gasteiger charge is 1.99. The molecule has 0 saturated heterocycles. The lowest BCUT2D eigenvalue weighted by molar-refractivity contribution is 1.24. The molecule has 0 radical (unpaired) electrons. The number of rotatable bonds is 2. The zero-order valence-electron chi connectivity index (χ0n) is 8.59. The van der Waals surface area contributed by atoms with Crippen LogP contribution in [0.5, 0.6) is 0 Å². The Morgan fingerprint density at radius 1 is 1.38 bits per heavy atom. The van der Waals surface area contributed by atoms with Crippen molar-refractivity contribution < 1.29 is 0 Å². The van der Waals surface area contributed by atoms with Crippen LogP contribution in [0.4, 0.5) is 0 Å². The maximum absolute atomic E-state index is 5.48. The van der Waals surface area contributed by atoms with E-state index in [1.165, 1.54) is 22.3 Å². The third kappa shape index (κ3) is 2.43. The summed E-state index contributed by atoms with van der Waals surface area (Å²) in [5.41, 5.74) is 10.7. The summed E-state index contributed by atoms with van der Waals surface area (Å²) in [5.74, 6) is 0. The summed E-state index contributed by atoms with van der Waals surface area (Å²) < 4.78 is 0. The van der Waals surface area contributed by atoms with Crippen molar-refractivity contribution in [2.45, 2.75) is 20.8 Å². The Balaban J connectivity index is 3.13. The van der Waals surface area contributed by atoms with Gasteiger partial charge in [-0.15, -0.1) is 0 Å². The van der Waals surface area contributed by atoms with Crippen molar-refractivity contribution >= 4 is 5.57 Å². The largest absolute Gasteiger partial charge is 0.327 e. The average molecular weight is 175 g/mol. The van der Waals surface area contributed by atoms with E-state index >= 15 is 0 Å². The van der Waals surface area contributed by atoms with Crippen LogP contribution in [0.15, 0.2) is 24.3 Å². The summed E-state index contributed by atoms with van der Waals surface area (Å²) in [6, 6.07) is 6.49. The topological polar surface area (TPSA) is 26.0 Å². The molecule has 0 aromatic heterocycles. The molecule has 0 amide bonds. The van der Waals surface area contributed by atoms with Crippen LogP contribution >= 0.6 is 0 Å². The van der Waals surface area contributed by atoms with Crippen molar-refractivity contribution in [1.29, 1.82) is 0 Å². The molecule has 0 fully saturated rings. The molecule has 13 heavy (non-hydrogen) atoms. The fraction of sp³-hybridized carbons (Fsp3) is 0.333. The monoisotopic (exact) mass is 175 g/mol. The van der Waals surface area contributed by atoms with Gasteiger partial charge in [-0.2, -0.15) is 0 Å². The first-order chi connectivity index (χ1) is 6.15. The lowest BCUT2D eigenvalue weighted by atomic mass is 9.99. The Kier molecular flexibility index (Phi) is 3.26. The molecule has 0 aliphatic carbocycles.